The molecule has 1 aromatic rings. The fourth-order valence-corrected chi connectivity index (χ4v) is 3.26. The van der Waals surface area contributed by atoms with Crippen molar-refractivity contribution < 1.29 is 18.3 Å². The van der Waals surface area contributed by atoms with Crippen molar-refractivity contribution in [2.75, 3.05) is 19.8 Å². The van der Waals surface area contributed by atoms with Gasteiger partial charge in [-0.1, -0.05) is 32.9 Å². The molecule has 0 fully saturated rings. The van der Waals surface area contributed by atoms with Crippen molar-refractivity contribution in [2.45, 2.75) is 38.7 Å². The third kappa shape index (κ3) is 5.74. The van der Waals surface area contributed by atoms with Gasteiger partial charge in [-0.2, -0.15) is 0 Å². The lowest BCUT2D eigenvalue weighted by molar-refractivity contribution is 0.114. The van der Waals surface area contributed by atoms with Crippen LogP contribution in [-0.2, 0) is 27.8 Å². The van der Waals surface area contributed by atoms with Crippen molar-refractivity contribution in [1.29, 1.82) is 0 Å². The van der Waals surface area contributed by atoms with Gasteiger partial charge in [-0.15, -0.1) is 0 Å². The topological polar surface area (TPSA) is 75.6 Å². The molecule has 0 aliphatic carbocycles. The highest BCUT2D eigenvalue weighted by atomic mass is 32.2. The van der Waals surface area contributed by atoms with Crippen LogP contribution in [-0.4, -0.2) is 33.3 Å². The van der Waals surface area contributed by atoms with Gasteiger partial charge in [0.1, 0.15) is 0 Å². The summed E-state index contributed by atoms with van der Waals surface area (Å²) >= 11 is 0. The molecule has 0 aromatic heterocycles. The number of rotatable bonds is 9. The number of benzene rings is 1. The van der Waals surface area contributed by atoms with E-state index in [1.165, 1.54) is 6.07 Å². The van der Waals surface area contributed by atoms with Crippen molar-refractivity contribution in [3.63, 3.8) is 0 Å². The van der Waals surface area contributed by atoms with Gasteiger partial charge in [0.05, 0.1) is 18.1 Å². The van der Waals surface area contributed by atoms with Crippen molar-refractivity contribution in [1.82, 2.24) is 4.72 Å². The molecule has 1 rings (SSSR count). The Kier molecular flexibility index (Phi) is 7.31. The van der Waals surface area contributed by atoms with E-state index in [0.717, 1.165) is 5.56 Å². The Morgan fingerprint density at radius 2 is 2.05 bits per heavy atom. The molecule has 0 bridgehead atoms. The molecule has 0 saturated heterocycles. The average molecular weight is 315 g/mol. The standard InChI is InChI=1S/C15H25NO4S/c1-4-14-6-5-13(10-17)9-15(14)21(18,19)16-7-8-20-11-12(2)3/h5-6,9,12,16-17H,4,7-8,10-11H2,1-3H3. The lowest BCUT2D eigenvalue weighted by Gasteiger charge is -2.12. The third-order valence-electron chi connectivity index (χ3n) is 2.97. The van der Waals surface area contributed by atoms with Gasteiger partial charge in [-0.3, -0.25) is 0 Å². The zero-order valence-corrected chi connectivity index (χ0v) is 13.7. The molecule has 0 atom stereocenters. The molecule has 0 amide bonds. The Morgan fingerprint density at radius 3 is 2.62 bits per heavy atom. The van der Waals surface area contributed by atoms with E-state index in [-0.39, 0.29) is 18.0 Å². The second-order valence-corrected chi connectivity index (χ2v) is 7.06. The smallest absolute Gasteiger partial charge is 0.240 e. The van der Waals surface area contributed by atoms with Crippen molar-refractivity contribution >= 4 is 10.0 Å². The molecule has 0 unspecified atom stereocenters. The Bertz CT molecular complexity index is 541. The van der Waals surface area contributed by atoms with Crippen LogP contribution in [0.1, 0.15) is 31.9 Å². The van der Waals surface area contributed by atoms with Crippen LogP contribution in [0.4, 0.5) is 0 Å². The normalized spacial score (nSPS) is 12.0. The van der Waals surface area contributed by atoms with Crippen LogP contribution in [0.5, 0.6) is 0 Å². The average Bonchev–Trinajstić information content (AvgIpc) is 2.45. The minimum absolute atomic E-state index is 0.177. The van der Waals surface area contributed by atoms with Gasteiger partial charge in [0, 0.05) is 13.2 Å². The maximum absolute atomic E-state index is 12.3. The van der Waals surface area contributed by atoms with Crippen LogP contribution in [0.3, 0.4) is 0 Å². The highest BCUT2D eigenvalue weighted by Gasteiger charge is 2.17. The molecule has 0 aliphatic rings. The highest BCUT2D eigenvalue weighted by Crippen LogP contribution is 2.18. The molecule has 6 heteroatoms. The number of nitrogens with one attached hydrogen (secondary N) is 1. The molecule has 0 saturated carbocycles. The predicted molar refractivity (Wildman–Crippen MR) is 82.6 cm³/mol. The molecule has 0 spiro atoms. The van der Waals surface area contributed by atoms with E-state index in [9.17, 15) is 8.42 Å². The first-order valence-corrected chi connectivity index (χ1v) is 8.69. The van der Waals surface area contributed by atoms with E-state index in [1.54, 1.807) is 12.1 Å². The molecule has 0 heterocycles. The summed E-state index contributed by atoms with van der Waals surface area (Å²) in [6.45, 7) is 7.00. The van der Waals surface area contributed by atoms with E-state index >= 15 is 0 Å². The Balaban J connectivity index is 2.73. The summed E-state index contributed by atoms with van der Waals surface area (Å²) in [6.07, 6.45) is 0.617. The second-order valence-electron chi connectivity index (χ2n) is 5.32. The SMILES string of the molecule is CCc1ccc(CO)cc1S(=O)(=O)NCCOCC(C)C. The molecule has 0 radical (unpaired) electrons. The monoisotopic (exact) mass is 315 g/mol. The number of hydrogen-bond donors (Lipinski definition) is 2. The van der Waals surface area contributed by atoms with Gasteiger partial charge < -0.3 is 9.84 Å². The number of ether oxygens (including phenoxy) is 1. The number of hydrogen-bond acceptors (Lipinski definition) is 4. The molecule has 21 heavy (non-hydrogen) atoms. The van der Waals surface area contributed by atoms with Gasteiger partial charge in [0.2, 0.25) is 10.0 Å². The quantitative estimate of drug-likeness (QED) is 0.680. The third-order valence-corrected chi connectivity index (χ3v) is 4.52. The maximum atomic E-state index is 12.3. The summed E-state index contributed by atoms with van der Waals surface area (Å²) in [5.41, 5.74) is 1.33. The van der Waals surface area contributed by atoms with E-state index in [2.05, 4.69) is 4.72 Å². The van der Waals surface area contributed by atoms with Crippen LogP contribution in [0.2, 0.25) is 0 Å². The first kappa shape index (κ1) is 18.1. The molecular weight excluding hydrogens is 290 g/mol. The summed E-state index contributed by atoms with van der Waals surface area (Å²) in [5, 5.41) is 9.15. The molecule has 120 valence electrons. The van der Waals surface area contributed by atoms with Crippen molar-refractivity contribution in [2.24, 2.45) is 5.92 Å². The number of aliphatic hydroxyl groups excluding tert-OH is 1. The number of aryl methyl sites for hydroxylation is 1. The minimum Gasteiger partial charge on any atom is -0.392 e. The van der Waals surface area contributed by atoms with E-state index in [4.69, 9.17) is 9.84 Å². The molecular formula is C15H25NO4S. The lowest BCUT2D eigenvalue weighted by Crippen LogP contribution is -2.28. The predicted octanol–water partition coefficient (Wildman–Crippen LogP) is 1.69. The van der Waals surface area contributed by atoms with Crippen LogP contribution in [0.25, 0.3) is 0 Å². The Hall–Kier alpha value is -0.950. The lowest BCUT2D eigenvalue weighted by atomic mass is 10.1. The first-order valence-electron chi connectivity index (χ1n) is 7.20. The van der Waals surface area contributed by atoms with Crippen LogP contribution in [0, 0.1) is 5.92 Å². The van der Waals surface area contributed by atoms with Gasteiger partial charge in [0.25, 0.3) is 0 Å². The summed E-state index contributed by atoms with van der Waals surface area (Å²) in [5.74, 6) is 0.425. The summed E-state index contributed by atoms with van der Waals surface area (Å²) in [7, 11) is -3.58. The fourth-order valence-electron chi connectivity index (χ4n) is 1.88. The van der Waals surface area contributed by atoms with Gasteiger partial charge in [0.15, 0.2) is 0 Å². The van der Waals surface area contributed by atoms with E-state index < -0.39 is 10.0 Å². The van der Waals surface area contributed by atoms with Gasteiger partial charge in [-0.25, -0.2) is 13.1 Å². The fraction of sp³-hybridized carbons (Fsp3) is 0.600. The van der Waals surface area contributed by atoms with Crippen molar-refractivity contribution in [3.8, 4) is 0 Å². The summed E-state index contributed by atoms with van der Waals surface area (Å²) in [4.78, 5) is 0.236. The van der Waals surface area contributed by atoms with Gasteiger partial charge >= 0.3 is 0 Å². The largest absolute Gasteiger partial charge is 0.392 e. The van der Waals surface area contributed by atoms with E-state index in [0.29, 0.717) is 31.1 Å². The maximum Gasteiger partial charge on any atom is 0.240 e. The van der Waals surface area contributed by atoms with E-state index in [1.807, 2.05) is 20.8 Å². The highest BCUT2D eigenvalue weighted by molar-refractivity contribution is 7.89. The van der Waals surface area contributed by atoms with Crippen LogP contribution >= 0.6 is 0 Å². The number of aliphatic hydroxyl groups is 1. The van der Waals surface area contributed by atoms with Crippen LogP contribution < -0.4 is 4.72 Å². The summed E-state index contributed by atoms with van der Waals surface area (Å²) in [6, 6.07) is 5.01. The molecule has 2 N–H and O–H groups in total. The first-order chi connectivity index (χ1) is 9.90. The summed E-state index contributed by atoms with van der Waals surface area (Å²) < 4.78 is 32.6. The molecule has 1 aromatic carbocycles. The van der Waals surface area contributed by atoms with Crippen LogP contribution in [0.15, 0.2) is 23.1 Å². The van der Waals surface area contributed by atoms with Gasteiger partial charge in [-0.05, 0) is 29.5 Å². The van der Waals surface area contributed by atoms with Crippen molar-refractivity contribution in [3.05, 3.63) is 29.3 Å². The molecule has 0 aliphatic heterocycles. The zero-order valence-electron chi connectivity index (χ0n) is 12.9. The number of sulfonamides is 1. The molecule has 5 nitrogen and oxygen atoms in total. The second kappa shape index (κ2) is 8.48. The Morgan fingerprint density at radius 1 is 1.33 bits per heavy atom. The zero-order chi connectivity index (χ0) is 15.9. The minimum atomic E-state index is -3.58. The Labute approximate surface area is 127 Å².